The van der Waals surface area contributed by atoms with Gasteiger partial charge in [-0.2, -0.15) is 0 Å². The van der Waals surface area contributed by atoms with E-state index in [1.54, 1.807) is 12.1 Å². The maximum atomic E-state index is 13.1. The molecule has 0 saturated heterocycles. The highest BCUT2D eigenvalue weighted by Crippen LogP contribution is 2.35. The van der Waals surface area contributed by atoms with Crippen LogP contribution in [0.3, 0.4) is 0 Å². The van der Waals surface area contributed by atoms with E-state index in [1.165, 1.54) is 26.4 Å². The molecule has 3 aromatic rings. The number of hydrogen-bond acceptors (Lipinski definition) is 7. The Morgan fingerprint density at radius 3 is 2.44 bits per heavy atom. The number of rotatable bonds is 7. The summed E-state index contributed by atoms with van der Waals surface area (Å²) in [5, 5.41) is 3.54. The second-order valence-corrected chi connectivity index (χ2v) is 8.39. The first-order chi connectivity index (χ1) is 16.4. The quantitative estimate of drug-likeness (QED) is 0.402. The molecule has 1 amide bonds. The Labute approximate surface area is 196 Å². The fraction of sp³-hybridized carbons (Fsp3) is 0.346. The van der Waals surface area contributed by atoms with E-state index in [0.717, 1.165) is 31.2 Å². The van der Waals surface area contributed by atoms with E-state index in [9.17, 15) is 14.4 Å². The predicted octanol–water partition coefficient (Wildman–Crippen LogP) is 4.60. The Balaban J connectivity index is 1.62. The van der Waals surface area contributed by atoms with Crippen molar-refractivity contribution in [3.63, 3.8) is 0 Å². The van der Waals surface area contributed by atoms with E-state index in [2.05, 4.69) is 5.32 Å². The van der Waals surface area contributed by atoms with Crippen LogP contribution in [-0.2, 0) is 16.1 Å². The standard InChI is InChI=1S/C26H27NO7/c1-15-8-9-18-17(11-24(28)34-21(18)10-15)14-33-26(30)19-12-22(31-2)23(32-3)13-20(19)27-25(29)16-6-4-5-7-16/h8-13,16H,4-7,14H2,1-3H3,(H,27,29). The minimum Gasteiger partial charge on any atom is -0.493 e. The first-order valence-corrected chi connectivity index (χ1v) is 11.2. The van der Waals surface area contributed by atoms with E-state index < -0.39 is 11.6 Å². The van der Waals surface area contributed by atoms with E-state index in [4.69, 9.17) is 18.6 Å². The van der Waals surface area contributed by atoms with Crippen molar-refractivity contribution in [3.05, 3.63) is 63.5 Å². The molecule has 0 unspecified atom stereocenters. The SMILES string of the molecule is COc1cc(NC(=O)C2CCCC2)c(C(=O)OCc2cc(=O)oc3cc(C)ccc23)cc1OC. The first-order valence-electron chi connectivity index (χ1n) is 11.2. The largest absolute Gasteiger partial charge is 0.493 e. The molecule has 8 heteroatoms. The molecule has 0 atom stereocenters. The smallest absolute Gasteiger partial charge is 0.340 e. The van der Waals surface area contributed by atoms with Gasteiger partial charge in [-0.15, -0.1) is 0 Å². The summed E-state index contributed by atoms with van der Waals surface area (Å²) >= 11 is 0. The lowest BCUT2D eigenvalue weighted by molar-refractivity contribution is -0.119. The molecule has 1 saturated carbocycles. The molecule has 0 aliphatic heterocycles. The molecule has 2 aromatic carbocycles. The zero-order valence-electron chi connectivity index (χ0n) is 19.4. The Kier molecular flexibility index (Phi) is 6.86. The van der Waals surface area contributed by atoms with Gasteiger partial charge in [-0.25, -0.2) is 9.59 Å². The van der Waals surface area contributed by atoms with Crippen LogP contribution >= 0.6 is 0 Å². The van der Waals surface area contributed by atoms with E-state index in [0.29, 0.717) is 28.0 Å². The van der Waals surface area contributed by atoms with Crippen molar-refractivity contribution in [2.45, 2.75) is 39.2 Å². The molecular weight excluding hydrogens is 438 g/mol. The van der Waals surface area contributed by atoms with Crippen LogP contribution < -0.4 is 20.4 Å². The van der Waals surface area contributed by atoms with Crippen LogP contribution in [-0.4, -0.2) is 26.1 Å². The number of methoxy groups -OCH3 is 2. The molecule has 0 radical (unpaired) electrons. The second-order valence-electron chi connectivity index (χ2n) is 8.39. The normalized spacial score (nSPS) is 13.6. The number of nitrogens with one attached hydrogen (secondary N) is 1. The van der Waals surface area contributed by atoms with Gasteiger partial charge in [0.05, 0.1) is 25.5 Å². The number of benzene rings is 2. The summed E-state index contributed by atoms with van der Waals surface area (Å²) in [6.45, 7) is 1.75. The number of aryl methyl sites for hydroxylation is 1. The Morgan fingerprint density at radius 2 is 1.74 bits per heavy atom. The maximum absolute atomic E-state index is 13.1. The average molecular weight is 466 g/mol. The van der Waals surface area contributed by atoms with Gasteiger partial charge in [-0.1, -0.05) is 25.0 Å². The molecule has 0 bridgehead atoms. The zero-order valence-corrected chi connectivity index (χ0v) is 19.4. The lowest BCUT2D eigenvalue weighted by Gasteiger charge is -2.17. The average Bonchev–Trinajstić information content (AvgIpc) is 3.37. The van der Waals surface area contributed by atoms with Crippen LogP contribution in [0.5, 0.6) is 11.5 Å². The predicted molar refractivity (Wildman–Crippen MR) is 126 cm³/mol. The van der Waals surface area contributed by atoms with Crippen molar-refractivity contribution >= 4 is 28.5 Å². The molecule has 1 heterocycles. The Hall–Kier alpha value is -3.81. The molecule has 1 N–H and O–H groups in total. The highest BCUT2D eigenvalue weighted by atomic mass is 16.5. The van der Waals surface area contributed by atoms with Gasteiger partial charge in [0.2, 0.25) is 5.91 Å². The van der Waals surface area contributed by atoms with Gasteiger partial charge in [-0.05, 0) is 31.4 Å². The zero-order chi connectivity index (χ0) is 24.2. The minimum absolute atomic E-state index is 0.0877. The lowest BCUT2D eigenvalue weighted by Crippen LogP contribution is -2.22. The minimum atomic E-state index is -0.670. The molecule has 0 spiro atoms. The first kappa shape index (κ1) is 23.4. The van der Waals surface area contributed by atoms with Crippen LogP contribution in [0.25, 0.3) is 11.0 Å². The fourth-order valence-corrected chi connectivity index (χ4v) is 4.25. The number of esters is 1. The van der Waals surface area contributed by atoms with Crippen molar-refractivity contribution < 1.29 is 28.2 Å². The third-order valence-electron chi connectivity index (χ3n) is 6.07. The molecule has 178 valence electrons. The number of carbonyl (C=O) groups is 2. The second kappa shape index (κ2) is 9.99. The van der Waals surface area contributed by atoms with Crippen LogP contribution in [0, 0.1) is 12.8 Å². The van der Waals surface area contributed by atoms with Gasteiger partial charge in [0.15, 0.2) is 11.5 Å². The number of anilines is 1. The maximum Gasteiger partial charge on any atom is 0.340 e. The van der Waals surface area contributed by atoms with Crippen LogP contribution in [0.2, 0.25) is 0 Å². The van der Waals surface area contributed by atoms with Crippen molar-refractivity contribution in [2.24, 2.45) is 5.92 Å². The molecule has 8 nitrogen and oxygen atoms in total. The van der Waals surface area contributed by atoms with E-state index in [1.807, 2.05) is 19.1 Å². The van der Waals surface area contributed by atoms with Crippen molar-refractivity contribution in [1.29, 1.82) is 0 Å². The number of hydrogen-bond donors (Lipinski definition) is 1. The van der Waals surface area contributed by atoms with E-state index >= 15 is 0 Å². The molecule has 34 heavy (non-hydrogen) atoms. The summed E-state index contributed by atoms with van der Waals surface area (Å²) in [5.41, 5.74) is 1.78. The summed E-state index contributed by atoms with van der Waals surface area (Å²) in [5.74, 6) is -0.190. The molecule has 1 fully saturated rings. The number of amides is 1. The van der Waals surface area contributed by atoms with Gasteiger partial charge in [0, 0.05) is 35.1 Å². The molecule has 1 aromatic heterocycles. The highest BCUT2D eigenvalue weighted by molar-refractivity contribution is 6.03. The van der Waals surface area contributed by atoms with Gasteiger partial charge in [-0.3, -0.25) is 4.79 Å². The lowest BCUT2D eigenvalue weighted by atomic mass is 10.1. The number of carbonyl (C=O) groups excluding carboxylic acids is 2. The number of fused-ring (bicyclic) bond motifs is 1. The van der Waals surface area contributed by atoms with Crippen LogP contribution in [0.4, 0.5) is 5.69 Å². The van der Waals surface area contributed by atoms with Gasteiger partial charge < -0.3 is 23.9 Å². The Bertz CT molecular complexity index is 1290. The van der Waals surface area contributed by atoms with Gasteiger partial charge in [0.1, 0.15) is 12.2 Å². The highest BCUT2D eigenvalue weighted by Gasteiger charge is 2.26. The number of ether oxygens (including phenoxy) is 3. The van der Waals surface area contributed by atoms with Crippen LogP contribution in [0.1, 0.15) is 47.2 Å². The summed E-state index contributed by atoms with van der Waals surface area (Å²) < 4.78 is 21.5. The monoisotopic (exact) mass is 465 g/mol. The summed E-state index contributed by atoms with van der Waals surface area (Å²) in [7, 11) is 2.94. The van der Waals surface area contributed by atoms with Gasteiger partial charge in [0.25, 0.3) is 0 Å². The third-order valence-corrected chi connectivity index (χ3v) is 6.07. The topological polar surface area (TPSA) is 104 Å². The molecule has 1 aliphatic carbocycles. The molecule has 1 aliphatic rings. The van der Waals surface area contributed by atoms with E-state index in [-0.39, 0.29) is 29.7 Å². The molecule has 4 rings (SSSR count). The third kappa shape index (κ3) is 4.90. The van der Waals surface area contributed by atoms with Crippen molar-refractivity contribution in [2.75, 3.05) is 19.5 Å². The van der Waals surface area contributed by atoms with Crippen molar-refractivity contribution in [3.8, 4) is 11.5 Å². The summed E-state index contributed by atoms with van der Waals surface area (Å²) in [6, 6.07) is 9.80. The van der Waals surface area contributed by atoms with Gasteiger partial charge >= 0.3 is 11.6 Å². The summed E-state index contributed by atoms with van der Waals surface area (Å²) in [4.78, 5) is 37.9. The van der Waals surface area contributed by atoms with Crippen molar-refractivity contribution in [1.82, 2.24) is 0 Å². The molecular formula is C26H27NO7. The fourth-order valence-electron chi connectivity index (χ4n) is 4.25. The van der Waals surface area contributed by atoms with Crippen LogP contribution in [0.15, 0.2) is 45.6 Å². The summed E-state index contributed by atoms with van der Waals surface area (Å²) in [6.07, 6.45) is 3.67. The Morgan fingerprint density at radius 1 is 1.03 bits per heavy atom.